The molecule has 4 heterocycles. The second-order valence-corrected chi connectivity index (χ2v) is 8.86. The summed E-state index contributed by atoms with van der Waals surface area (Å²) in [5.41, 5.74) is 3.60. The average Bonchev–Trinajstić information content (AvgIpc) is 3.52. The first-order chi connectivity index (χ1) is 17.1. The van der Waals surface area contributed by atoms with E-state index < -0.39 is 0 Å². The van der Waals surface area contributed by atoms with Crippen LogP contribution < -0.4 is 0 Å². The molecule has 9 heteroatoms. The maximum Gasteiger partial charge on any atom is 0.257 e. The summed E-state index contributed by atoms with van der Waals surface area (Å²) in [6.45, 7) is 7.99. The molecular weight excluding hydrogens is 442 g/mol. The molecule has 0 radical (unpaired) electrons. The minimum atomic E-state index is 0.0267. The van der Waals surface area contributed by atoms with E-state index in [9.17, 15) is 4.79 Å². The summed E-state index contributed by atoms with van der Waals surface area (Å²) in [6, 6.07) is 13.8. The highest BCUT2D eigenvalue weighted by atomic mass is 16.5. The van der Waals surface area contributed by atoms with Crippen LogP contribution in [0.3, 0.4) is 0 Å². The van der Waals surface area contributed by atoms with Gasteiger partial charge in [-0.3, -0.25) is 9.69 Å². The van der Waals surface area contributed by atoms with Crippen molar-refractivity contribution in [2.45, 2.75) is 26.7 Å². The Balaban J connectivity index is 1.10. The normalized spacial score (nSPS) is 14.4. The van der Waals surface area contributed by atoms with E-state index in [0.29, 0.717) is 36.2 Å². The molecule has 180 valence electrons. The zero-order valence-electron chi connectivity index (χ0n) is 20.1. The first-order valence-electron chi connectivity index (χ1n) is 12.0. The third kappa shape index (κ3) is 5.14. The van der Waals surface area contributed by atoms with Crippen LogP contribution in [0.4, 0.5) is 0 Å². The first-order valence-corrected chi connectivity index (χ1v) is 12.0. The van der Waals surface area contributed by atoms with Crippen LogP contribution in [0.15, 0.2) is 59.4 Å². The van der Waals surface area contributed by atoms with Gasteiger partial charge in [-0.15, -0.1) is 0 Å². The Morgan fingerprint density at radius 1 is 1.03 bits per heavy atom. The molecule has 1 aliphatic heterocycles. The number of rotatable bonds is 7. The fourth-order valence-corrected chi connectivity index (χ4v) is 4.30. The number of piperazine rings is 1. The molecule has 0 atom stereocenters. The Hall–Kier alpha value is -3.85. The van der Waals surface area contributed by atoms with Gasteiger partial charge in [0.1, 0.15) is 0 Å². The van der Waals surface area contributed by atoms with Gasteiger partial charge in [0.05, 0.1) is 17.5 Å². The number of benzene rings is 1. The van der Waals surface area contributed by atoms with Crippen LogP contribution in [-0.2, 0) is 6.42 Å². The summed E-state index contributed by atoms with van der Waals surface area (Å²) in [6.07, 6.45) is 5.04. The molecule has 1 amide bonds. The summed E-state index contributed by atoms with van der Waals surface area (Å²) in [5, 5.41) is 8.50. The fraction of sp³-hybridized carbons (Fsp3) is 0.346. The maximum absolute atomic E-state index is 13.1. The monoisotopic (exact) mass is 471 g/mol. The van der Waals surface area contributed by atoms with Gasteiger partial charge < -0.3 is 9.42 Å². The smallest absolute Gasteiger partial charge is 0.257 e. The zero-order valence-corrected chi connectivity index (χ0v) is 20.1. The molecule has 0 bridgehead atoms. The largest absolute Gasteiger partial charge is 0.339 e. The molecule has 0 spiro atoms. The zero-order chi connectivity index (χ0) is 24.2. The Morgan fingerprint density at radius 3 is 2.57 bits per heavy atom. The number of pyridine rings is 1. The van der Waals surface area contributed by atoms with Crippen LogP contribution in [0.25, 0.3) is 17.2 Å². The van der Waals surface area contributed by atoms with Crippen molar-refractivity contribution in [2.75, 3.05) is 32.7 Å². The van der Waals surface area contributed by atoms with E-state index in [1.807, 2.05) is 54.3 Å². The highest BCUT2D eigenvalue weighted by Gasteiger charge is 2.25. The molecule has 1 aromatic carbocycles. The van der Waals surface area contributed by atoms with Gasteiger partial charge in [0, 0.05) is 44.4 Å². The minimum Gasteiger partial charge on any atom is -0.339 e. The SMILES string of the molecule is Cc1ccc(-c2noc(CCCN3CCN(C(=O)c4cnn(-c5ccccn5)c4C)CC3)n2)cc1. The second-order valence-electron chi connectivity index (χ2n) is 8.86. The molecular formula is C26H29N7O2. The predicted octanol–water partition coefficient (Wildman–Crippen LogP) is 3.32. The molecule has 1 fully saturated rings. The molecule has 1 aliphatic rings. The summed E-state index contributed by atoms with van der Waals surface area (Å²) in [7, 11) is 0. The molecule has 5 rings (SSSR count). The lowest BCUT2D eigenvalue weighted by atomic mass is 10.1. The van der Waals surface area contributed by atoms with E-state index in [-0.39, 0.29) is 5.91 Å². The summed E-state index contributed by atoms with van der Waals surface area (Å²) in [4.78, 5) is 26.3. The van der Waals surface area contributed by atoms with Crippen LogP contribution in [0.1, 0.15) is 33.9 Å². The lowest BCUT2D eigenvalue weighted by Gasteiger charge is -2.34. The number of nitrogens with zero attached hydrogens (tertiary/aromatic N) is 7. The van der Waals surface area contributed by atoms with Crippen molar-refractivity contribution < 1.29 is 9.32 Å². The van der Waals surface area contributed by atoms with Crippen LogP contribution in [0.5, 0.6) is 0 Å². The minimum absolute atomic E-state index is 0.0267. The van der Waals surface area contributed by atoms with Gasteiger partial charge in [0.15, 0.2) is 5.82 Å². The van der Waals surface area contributed by atoms with Crippen molar-refractivity contribution >= 4 is 5.91 Å². The van der Waals surface area contributed by atoms with Gasteiger partial charge in [0.25, 0.3) is 5.91 Å². The van der Waals surface area contributed by atoms with Gasteiger partial charge in [-0.2, -0.15) is 10.1 Å². The number of amides is 1. The molecule has 0 N–H and O–H groups in total. The van der Waals surface area contributed by atoms with Crippen molar-refractivity contribution in [1.29, 1.82) is 0 Å². The molecule has 1 saturated heterocycles. The third-order valence-corrected chi connectivity index (χ3v) is 6.41. The van der Waals surface area contributed by atoms with Crippen LogP contribution in [0.2, 0.25) is 0 Å². The van der Waals surface area contributed by atoms with Gasteiger partial charge in [-0.25, -0.2) is 9.67 Å². The second kappa shape index (κ2) is 10.2. The quantitative estimate of drug-likeness (QED) is 0.408. The fourth-order valence-electron chi connectivity index (χ4n) is 4.30. The van der Waals surface area contributed by atoms with E-state index in [1.54, 1.807) is 17.1 Å². The van der Waals surface area contributed by atoms with Crippen LogP contribution in [-0.4, -0.2) is 73.3 Å². The van der Waals surface area contributed by atoms with Crippen molar-refractivity contribution in [2.24, 2.45) is 0 Å². The molecule has 3 aromatic heterocycles. The third-order valence-electron chi connectivity index (χ3n) is 6.41. The molecule has 0 aliphatic carbocycles. The Bertz CT molecular complexity index is 1270. The lowest BCUT2D eigenvalue weighted by molar-refractivity contribution is 0.0635. The summed E-state index contributed by atoms with van der Waals surface area (Å²) in [5.74, 6) is 2.03. The maximum atomic E-state index is 13.1. The van der Waals surface area contributed by atoms with E-state index in [4.69, 9.17) is 4.52 Å². The Morgan fingerprint density at radius 2 is 1.83 bits per heavy atom. The highest BCUT2D eigenvalue weighted by molar-refractivity contribution is 5.95. The van der Waals surface area contributed by atoms with E-state index in [2.05, 4.69) is 32.0 Å². The molecule has 0 saturated carbocycles. The van der Waals surface area contributed by atoms with Gasteiger partial charge in [-0.1, -0.05) is 41.1 Å². The Kier molecular flexibility index (Phi) is 6.67. The van der Waals surface area contributed by atoms with E-state index in [0.717, 1.165) is 43.7 Å². The van der Waals surface area contributed by atoms with Crippen molar-refractivity contribution in [3.05, 3.63) is 77.6 Å². The molecule has 4 aromatic rings. The highest BCUT2D eigenvalue weighted by Crippen LogP contribution is 2.18. The number of carbonyl (C=O) groups excluding carboxylic acids is 1. The topological polar surface area (TPSA) is 93.2 Å². The molecule has 35 heavy (non-hydrogen) atoms. The Labute approximate surface area is 204 Å². The number of aromatic nitrogens is 5. The first kappa shape index (κ1) is 22.9. The molecule has 0 unspecified atom stereocenters. The van der Waals surface area contributed by atoms with Crippen LogP contribution in [0, 0.1) is 13.8 Å². The summed E-state index contributed by atoms with van der Waals surface area (Å²) < 4.78 is 7.15. The van der Waals surface area contributed by atoms with Crippen molar-refractivity contribution in [3.8, 4) is 17.2 Å². The van der Waals surface area contributed by atoms with Gasteiger partial charge in [0.2, 0.25) is 11.7 Å². The predicted molar refractivity (Wildman–Crippen MR) is 131 cm³/mol. The van der Waals surface area contributed by atoms with Crippen LogP contribution >= 0.6 is 0 Å². The standard InChI is InChI=1S/C26H29N7O2/c1-19-8-10-21(11-9-19)25-29-24(35-30-25)7-5-13-31-14-16-32(17-15-31)26(34)22-18-28-33(20(22)2)23-6-3-4-12-27-23/h3-4,6,8-12,18H,5,7,13-17H2,1-2H3. The number of hydrogen-bond acceptors (Lipinski definition) is 7. The van der Waals surface area contributed by atoms with E-state index >= 15 is 0 Å². The molecule has 9 nitrogen and oxygen atoms in total. The van der Waals surface area contributed by atoms with Gasteiger partial charge in [-0.05, 0) is 38.9 Å². The van der Waals surface area contributed by atoms with Crippen molar-refractivity contribution in [1.82, 2.24) is 34.7 Å². The number of aryl methyl sites for hydroxylation is 2. The average molecular weight is 472 g/mol. The number of carbonyl (C=O) groups is 1. The van der Waals surface area contributed by atoms with E-state index in [1.165, 1.54) is 5.56 Å². The van der Waals surface area contributed by atoms with Gasteiger partial charge >= 0.3 is 0 Å². The number of hydrogen-bond donors (Lipinski definition) is 0. The summed E-state index contributed by atoms with van der Waals surface area (Å²) >= 11 is 0. The van der Waals surface area contributed by atoms with Crippen molar-refractivity contribution in [3.63, 3.8) is 0 Å². The lowest BCUT2D eigenvalue weighted by Crippen LogP contribution is -2.49.